The maximum Gasteiger partial charge on any atom is 0.345 e. The van der Waals surface area contributed by atoms with Gasteiger partial charge in [-0.2, -0.15) is 0 Å². The van der Waals surface area contributed by atoms with Gasteiger partial charge < -0.3 is 20.1 Å². The molecular weight excluding hydrogens is 324 g/mol. The molecule has 1 aromatic rings. The van der Waals surface area contributed by atoms with Crippen LogP contribution in [0.25, 0.3) is 0 Å². The zero-order valence-electron chi connectivity index (χ0n) is 14.3. The van der Waals surface area contributed by atoms with Crippen LogP contribution in [-0.4, -0.2) is 60.1 Å². The first-order chi connectivity index (χ1) is 12.0. The van der Waals surface area contributed by atoms with Gasteiger partial charge in [0, 0.05) is 38.5 Å². The highest BCUT2D eigenvalue weighted by Gasteiger charge is 2.30. The van der Waals surface area contributed by atoms with E-state index < -0.39 is 24.0 Å². The first-order valence-corrected chi connectivity index (χ1v) is 8.44. The van der Waals surface area contributed by atoms with Gasteiger partial charge in [-0.3, -0.25) is 9.59 Å². The van der Waals surface area contributed by atoms with Crippen LogP contribution in [0.2, 0.25) is 0 Å². The van der Waals surface area contributed by atoms with Crippen molar-refractivity contribution in [2.75, 3.05) is 26.2 Å². The summed E-state index contributed by atoms with van der Waals surface area (Å²) in [4.78, 5) is 37.2. The largest absolute Gasteiger partial charge is 0.478 e. The van der Waals surface area contributed by atoms with Gasteiger partial charge in [0.1, 0.15) is 0 Å². The number of aliphatic carboxylic acids is 1. The van der Waals surface area contributed by atoms with E-state index in [2.05, 4.69) is 5.32 Å². The number of ether oxygens (including phenoxy) is 1. The Morgan fingerprint density at radius 3 is 2.40 bits per heavy atom. The summed E-state index contributed by atoms with van der Waals surface area (Å²) < 4.78 is 5.14. The Bertz CT molecular complexity index is 599. The molecule has 0 aromatic heterocycles. The Hall–Kier alpha value is -2.41. The number of esters is 1. The van der Waals surface area contributed by atoms with Crippen molar-refractivity contribution in [3.63, 3.8) is 0 Å². The summed E-state index contributed by atoms with van der Waals surface area (Å²) in [5, 5.41) is 12.5. The minimum absolute atomic E-state index is 0.0326. The van der Waals surface area contributed by atoms with Crippen LogP contribution in [0.5, 0.6) is 0 Å². The van der Waals surface area contributed by atoms with Crippen LogP contribution in [0.15, 0.2) is 30.3 Å². The second kappa shape index (κ2) is 9.17. The molecule has 1 aliphatic rings. The van der Waals surface area contributed by atoms with Crippen molar-refractivity contribution >= 4 is 17.8 Å². The summed E-state index contributed by atoms with van der Waals surface area (Å²) in [5.74, 6) is -2.45. The zero-order chi connectivity index (χ0) is 18.2. The van der Waals surface area contributed by atoms with Gasteiger partial charge in [0.05, 0.1) is 6.42 Å². The molecule has 1 amide bonds. The average molecular weight is 348 g/mol. The number of nitrogens with zero attached hydrogens (tertiary/aromatic N) is 1. The van der Waals surface area contributed by atoms with Gasteiger partial charge in [-0.15, -0.1) is 0 Å². The fourth-order valence-corrected chi connectivity index (χ4v) is 2.78. The first-order valence-electron chi connectivity index (χ1n) is 8.44. The number of rotatable bonds is 7. The molecule has 0 radical (unpaired) electrons. The van der Waals surface area contributed by atoms with Gasteiger partial charge in [0.2, 0.25) is 12.0 Å². The molecule has 0 saturated carbocycles. The van der Waals surface area contributed by atoms with E-state index in [4.69, 9.17) is 4.74 Å². The van der Waals surface area contributed by atoms with E-state index >= 15 is 0 Å². The highest BCUT2D eigenvalue weighted by atomic mass is 16.6. The number of nitrogens with one attached hydrogen (secondary N) is 1. The Labute approximate surface area is 147 Å². The smallest absolute Gasteiger partial charge is 0.345 e. The number of hydrogen-bond acceptors (Lipinski definition) is 5. The monoisotopic (exact) mass is 348 g/mol. The second-order valence-corrected chi connectivity index (χ2v) is 6.08. The number of piperazine rings is 1. The highest BCUT2D eigenvalue weighted by molar-refractivity contribution is 5.83. The summed E-state index contributed by atoms with van der Waals surface area (Å²) in [7, 11) is 0. The second-order valence-electron chi connectivity index (χ2n) is 6.08. The van der Waals surface area contributed by atoms with E-state index in [1.165, 1.54) is 0 Å². The fourth-order valence-electron chi connectivity index (χ4n) is 2.78. The molecule has 7 heteroatoms. The van der Waals surface area contributed by atoms with Crippen molar-refractivity contribution in [2.45, 2.75) is 31.8 Å². The summed E-state index contributed by atoms with van der Waals surface area (Å²) in [6.07, 6.45) is -1.36. The Kier molecular flexibility index (Phi) is 6.94. The minimum Gasteiger partial charge on any atom is -0.478 e. The van der Waals surface area contributed by atoms with E-state index in [1.54, 1.807) is 36.1 Å². The third-order valence-electron chi connectivity index (χ3n) is 4.29. The van der Waals surface area contributed by atoms with Crippen molar-refractivity contribution in [3.05, 3.63) is 35.9 Å². The van der Waals surface area contributed by atoms with E-state index in [1.807, 2.05) is 6.07 Å². The predicted molar refractivity (Wildman–Crippen MR) is 91.1 cm³/mol. The van der Waals surface area contributed by atoms with E-state index in [9.17, 15) is 19.5 Å². The van der Waals surface area contributed by atoms with Crippen molar-refractivity contribution in [1.82, 2.24) is 10.2 Å². The molecule has 0 aliphatic carbocycles. The number of carboxylic acids is 1. The van der Waals surface area contributed by atoms with Crippen LogP contribution in [-0.2, 0) is 19.1 Å². The van der Waals surface area contributed by atoms with Crippen LogP contribution in [0.3, 0.4) is 0 Å². The number of amides is 1. The summed E-state index contributed by atoms with van der Waals surface area (Å²) in [6, 6.07) is 9.03. The van der Waals surface area contributed by atoms with Crippen LogP contribution >= 0.6 is 0 Å². The molecule has 2 N–H and O–H groups in total. The Morgan fingerprint density at radius 1 is 1.16 bits per heavy atom. The van der Waals surface area contributed by atoms with Gasteiger partial charge in [0.25, 0.3) is 0 Å². The number of carbonyl (C=O) groups is 3. The quantitative estimate of drug-likeness (QED) is 0.714. The number of benzene rings is 1. The molecule has 1 aliphatic heterocycles. The lowest BCUT2D eigenvalue weighted by Gasteiger charge is -2.27. The molecule has 0 bridgehead atoms. The van der Waals surface area contributed by atoms with Gasteiger partial charge in [-0.1, -0.05) is 37.3 Å². The third-order valence-corrected chi connectivity index (χ3v) is 4.29. The molecule has 0 spiro atoms. The summed E-state index contributed by atoms with van der Waals surface area (Å²) >= 11 is 0. The SMILES string of the molecule is C[C@@H](c1ccccc1)[C@@H](OC(=O)CCC(=O)N1CCNCC1)C(=O)O. The normalized spacial score (nSPS) is 16.8. The molecule has 0 unspecified atom stereocenters. The minimum atomic E-state index is -1.27. The Balaban J connectivity index is 1.87. The van der Waals surface area contributed by atoms with Crippen molar-refractivity contribution in [1.29, 1.82) is 0 Å². The molecule has 25 heavy (non-hydrogen) atoms. The summed E-state index contributed by atoms with van der Waals surface area (Å²) in [5.41, 5.74) is 0.777. The third kappa shape index (κ3) is 5.56. The van der Waals surface area contributed by atoms with Gasteiger partial charge in [-0.05, 0) is 5.56 Å². The molecule has 2 rings (SSSR count). The topological polar surface area (TPSA) is 95.9 Å². The van der Waals surface area contributed by atoms with E-state index in [0.29, 0.717) is 13.1 Å². The van der Waals surface area contributed by atoms with Crippen LogP contribution < -0.4 is 5.32 Å². The zero-order valence-corrected chi connectivity index (χ0v) is 14.3. The number of hydrogen-bond donors (Lipinski definition) is 2. The van der Waals surface area contributed by atoms with Crippen LogP contribution in [0.1, 0.15) is 31.2 Å². The van der Waals surface area contributed by atoms with Gasteiger partial charge in [-0.25, -0.2) is 4.79 Å². The van der Waals surface area contributed by atoms with Crippen LogP contribution in [0.4, 0.5) is 0 Å². The standard InChI is InChI=1S/C18H24N2O5/c1-13(14-5-3-2-4-6-14)17(18(23)24)25-16(22)8-7-15(21)20-11-9-19-10-12-20/h2-6,13,17,19H,7-12H2,1H3,(H,23,24)/t13-,17+/m0/s1. The fraction of sp³-hybridized carbons (Fsp3) is 0.500. The van der Waals surface area contributed by atoms with Gasteiger partial charge >= 0.3 is 11.9 Å². The first kappa shape index (κ1) is 18.9. The molecule has 136 valence electrons. The van der Waals surface area contributed by atoms with Crippen molar-refractivity contribution < 1.29 is 24.2 Å². The van der Waals surface area contributed by atoms with Gasteiger partial charge in [0.15, 0.2) is 0 Å². The molecule has 1 aromatic carbocycles. The number of carboxylic acid groups (broad SMARTS) is 1. The highest BCUT2D eigenvalue weighted by Crippen LogP contribution is 2.22. The maximum atomic E-state index is 12.1. The van der Waals surface area contributed by atoms with E-state index in [0.717, 1.165) is 18.7 Å². The molecule has 2 atom stereocenters. The Morgan fingerprint density at radius 2 is 1.80 bits per heavy atom. The lowest BCUT2D eigenvalue weighted by atomic mass is 9.95. The van der Waals surface area contributed by atoms with Crippen molar-refractivity contribution in [2.24, 2.45) is 0 Å². The lowest BCUT2D eigenvalue weighted by molar-refractivity contribution is -0.165. The van der Waals surface area contributed by atoms with Crippen LogP contribution in [0, 0.1) is 0 Å². The maximum absolute atomic E-state index is 12.1. The summed E-state index contributed by atoms with van der Waals surface area (Å²) in [6.45, 7) is 4.43. The lowest BCUT2D eigenvalue weighted by Crippen LogP contribution is -2.46. The molecule has 7 nitrogen and oxygen atoms in total. The molecular formula is C18H24N2O5. The molecule has 1 heterocycles. The molecule has 1 saturated heterocycles. The number of carbonyl (C=O) groups excluding carboxylic acids is 2. The van der Waals surface area contributed by atoms with E-state index in [-0.39, 0.29) is 18.7 Å². The molecule has 1 fully saturated rings. The predicted octanol–water partition coefficient (Wildman–Crippen LogP) is 0.998. The van der Waals surface area contributed by atoms with Crippen molar-refractivity contribution in [3.8, 4) is 0 Å². The average Bonchev–Trinajstić information content (AvgIpc) is 2.64.